The summed E-state index contributed by atoms with van der Waals surface area (Å²) in [5, 5.41) is 12.7. The van der Waals surface area contributed by atoms with Gasteiger partial charge in [0.2, 0.25) is 5.82 Å². The van der Waals surface area contributed by atoms with E-state index in [1.165, 1.54) is 0 Å². The molecule has 3 aromatic rings. The van der Waals surface area contributed by atoms with Crippen molar-refractivity contribution in [3.63, 3.8) is 0 Å². The lowest BCUT2D eigenvalue weighted by Crippen LogP contribution is -2.08. The second-order valence-corrected chi connectivity index (χ2v) is 4.44. The fraction of sp³-hybridized carbons (Fsp3) is 0.133. The number of hydrogen-bond acceptors (Lipinski definition) is 4. The fourth-order valence-corrected chi connectivity index (χ4v) is 2.09. The lowest BCUT2D eigenvalue weighted by Gasteiger charge is -2.05. The first-order chi connectivity index (χ1) is 9.88. The molecule has 1 aromatic heterocycles. The van der Waals surface area contributed by atoms with Crippen LogP contribution in [-0.4, -0.2) is 26.8 Å². The van der Waals surface area contributed by atoms with Gasteiger partial charge in [0.05, 0.1) is 5.69 Å². The lowest BCUT2D eigenvalue weighted by atomic mass is 10.1. The van der Waals surface area contributed by atoms with Crippen LogP contribution in [0.3, 0.4) is 0 Å². The minimum Gasteiger partial charge on any atom is -0.330 e. The summed E-state index contributed by atoms with van der Waals surface area (Å²) in [4.78, 5) is 1.56. The third-order valence-electron chi connectivity index (χ3n) is 3.07. The van der Waals surface area contributed by atoms with Crippen LogP contribution >= 0.6 is 0 Å². The van der Waals surface area contributed by atoms with Crippen LogP contribution in [0.5, 0.6) is 0 Å². The van der Waals surface area contributed by atoms with E-state index in [2.05, 4.69) is 15.4 Å². The molecule has 0 unspecified atom stereocenters. The zero-order chi connectivity index (χ0) is 13.8. The summed E-state index contributed by atoms with van der Waals surface area (Å²) in [5.41, 5.74) is 8.63. The molecule has 0 fully saturated rings. The maximum atomic E-state index is 5.64. The van der Waals surface area contributed by atoms with E-state index in [4.69, 9.17) is 5.73 Å². The van der Waals surface area contributed by atoms with Crippen LogP contribution in [0.1, 0.15) is 5.56 Å². The molecule has 0 aliphatic rings. The molecule has 2 N–H and O–H groups in total. The second-order valence-electron chi connectivity index (χ2n) is 4.44. The molecule has 0 saturated carbocycles. The third-order valence-corrected chi connectivity index (χ3v) is 3.07. The van der Waals surface area contributed by atoms with Gasteiger partial charge in [0, 0.05) is 5.56 Å². The average Bonchev–Trinajstić information content (AvgIpc) is 2.99. The molecule has 0 radical (unpaired) electrons. The zero-order valence-corrected chi connectivity index (χ0v) is 11.0. The molecule has 20 heavy (non-hydrogen) atoms. The highest BCUT2D eigenvalue weighted by Crippen LogP contribution is 2.16. The Labute approximate surface area is 117 Å². The van der Waals surface area contributed by atoms with Crippen molar-refractivity contribution in [2.75, 3.05) is 6.54 Å². The molecule has 1 heterocycles. The van der Waals surface area contributed by atoms with Gasteiger partial charge in [0.1, 0.15) is 0 Å². The van der Waals surface area contributed by atoms with E-state index in [9.17, 15) is 0 Å². The first kappa shape index (κ1) is 12.5. The van der Waals surface area contributed by atoms with Gasteiger partial charge in [-0.3, -0.25) is 0 Å². The Morgan fingerprint density at radius 3 is 2.50 bits per heavy atom. The number of nitrogens with two attached hydrogens (primary N) is 1. The van der Waals surface area contributed by atoms with Crippen molar-refractivity contribution in [1.82, 2.24) is 20.2 Å². The molecular weight excluding hydrogens is 250 g/mol. The molecule has 0 spiro atoms. The molecule has 2 aromatic carbocycles. The predicted octanol–water partition coefficient (Wildman–Crippen LogP) is 1.83. The van der Waals surface area contributed by atoms with E-state index in [-0.39, 0.29) is 0 Å². The summed E-state index contributed by atoms with van der Waals surface area (Å²) < 4.78 is 0. The lowest BCUT2D eigenvalue weighted by molar-refractivity contribution is 0.710. The Morgan fingerprint density at radius 1 is 0.950 bits per heavy atom. The normalized spacial score (nSPS) is 10.7. The van der Waals surface area contributed by atoms with Crippen LogP contribution < -0.4 is 5.73 Å². The van der Waals surface area contributed by atoms with Crippen molar-refractivity contribution in [2.45, 2.75) is 6.42 Å². The maximum Gasteiger partial charge on any atom is 0.205 e. The number of para-hydroxylation sites is 1. The summed E-state index contributed by atoms with van der Waals surface area (Å²) in [6, 6.07) is 17.8. The van der Waals surface area contributed by atoms with Crippen LogP contribution in [0, 0.1) is 0 Å². The van der Waals surface area contributed by atoms with Gasteiger partial charge in [-0.05, 0) is 29.8 Å². The molecule has 5 nitrogen and oxygen atoms in total. The number of tetrazole rings is 1. The van der Waals surface area contributed by atoms with Crippen molar-refractivity contribution in [3.8, 4) is 17.1 Å². The van der Waals surface area contributed by atoms with Crippen LogP contribution in [0.25, 0.3) is 17.1 Å². The second kappa shape index (κ2) is 5.63. The molecule has 5 heteroatoms. The summed E-state index contributed by atoms with van der Waals surface area (Å²) in [5.74, 6) is 0.619. The van der Waals surface area contributed by atoms with E-state index in [1.54, 1.807) is 4.80 Å². The summed E-state index contributed by atoms with van der Waals surface area (Å²) >= 11 is 0. The monoisotopic (exact) mass is 265 g/mol. The molecule has 0 bridgehead atoms. The Kier molecular flexibility index (Phi) is 3.52. The summed E-state index contributed by atoms with van der Waals surface area (Å²) in [6.07, 6.45) is 0.790. The largest absolute Gasteiger partial charge is 0.330 e. The van der Waals surface area contributed by atoms with E-state index >= 15 is 0 Å². The van der Waals surface area contributed by atoms with Gasteiger partial charge >= 0.3 is 0 Å². The van der Waals surface area contributed by atoms with Gasteiger partial charge in [0.15, 0.2) is 0 Å². The Bertz CT molecular complexity index is 690. The van der Waals surface area contributed by atoms with Crippen molar-refractivity contribution >= 4 is 0 Å². The highest BCUT2D eigenvalue weighted by atomic mass is 15.6. The molecule has 0 aliphatic heterocycles. The molecule has 0 saturated heterocycles. The molecular formula is C15H15N5. The minimum absolute atomic E-state index is 0.594. The minimum atomic E-state index is 0.594. The number of nitrogens with zero attached hydrogens (tertiary/aromatic N) is 4. The smallest absolute Gasteiger partial charge is 0.205 e. The molecule has 0 aliphatic carbocycles. The van der Waals surface area contributed by atoms with Crippen molar-refractivity contribution < 1.29 is 0 Å². The van der Waals surface area contributed by atoms with Crippen LogP contribution in [0.2, 0.25) is 0 Å². The average molecular weight is 265 g/mol. The number of hydrogen-bond donors (Lipinski definition) is 1. The van der Waals surface area contributed by atoms with Gasteiger partial charge in [-0.2, -0.15) is 0 Å². The molecule has 0 amide bonds. The standard InChI is InChI=1S/C15H15N5/c16-11-10-12-6-4-5-9-14(12)20-18-15(17-19-20)13-7-2-1-3-8-13/h1-9H,10-11,16H2. The fourth-order valence-electron chi connectivity index (χ4n) is 2.09. The first-order valence-electron chi connectivity index (χ1n) is 6.52. The van der Waals surface area contributed by atoms with Gasteiger partial charge < -0.3 is 5.73 Å². The SMILES string of the molecule is NCCc1ccccc1-n1nnc(-c2ccccc2)n1. The van der Waals surface area contributed by atoms with Crippen molar-refractivity contribution in [2.24, 2.45) is 5.73 Å². The summed E-state index contributed by atoms with van der Waals surface area (Å²) in [6.45, 7) is 0.594. The maximum absolute atomic E-state index is 5.64. The zero-order valence-electron chi connectivity index (χ0n) is 11.0. The van der Waals surface area contributed by atoms with Crippen LogP contribution in [0.4, 0.5) is 0 Å². The number of benzene rings is 2. The van der Waals surface area contributed by atoms with Crippen LogP contribution in [0.15, 0.2) is 54.6 Å². The topological polar surface area (TPSA) is 69.6 Å². The number of aromatic nitrogens is 4. The van der Waals surface area contributed by atoms with Crippen LogP contribution in [-0.2, 0) is 6.42 Å². The van der Waals surface area contributed by atoms with Gasteiger partial charge in [-0.15, -0.1) is 15.0 Å². The quantitative estimate of drug-likeness (QED) is 0.781. The van der Waals surface area contributed by atoms with E-state index in [0.717, 1.165) is 23.2 Å². The van der Waals surface area contributed by atoms with E-state index in [1.807, 2.05) is 54.6 Å². The number of rotatable bonds is 4. The van der Waals surface area contributed by atoms with Gasteiger partial charge in [0.25, 0.3) is 0 Å². The van der Waals surface area contributed by atoms with Gasteiger partial charge in [-0.1, -0.05) is 48.5 Å². The van der Waals surface area contributed by atoms with Crippen molar-refractivity contribution in [3.05, 3.63) is 60.2 Å². The molecule has 0 atom stereocenters. The van der Waals surface area contributed by atoms with E-state index < -0.39 is 0 Å². The highest BCUT2D eigenvalue weighted by Gasteiger charge is 2.09. The predicted molar refractivity (Wildman–Crippen MR) is 77.3 cm³/mol. The molecule has 3 rings (SSSR count). The Morgan fingerprint density at radius 2 is 1.70 bits per heavy atom. The van der Waals surface area contributed by atoms with E-state index in [0.29, 0.717) is 12.4 Å². The highest BCUT2D eigenvalue weighted by molar-refractivity contribution is 5.53. The first-order valence-corrected chi connectivity index (χ1v) is 6.52. The van der Waals surface area contributed by atoms with Gasteiger partial charge in [-0.25, -0.2) is 0 Å². The molecule has 100 valence electrons. The Hall–Kier alpha value is -2.53. The Balaban J connectivity index is 1.98. The summed E-state index contributed by atoms with van der Waals surface area (Å²) in [7, 11) is 0. The van der Waals surface area contributed by atoms with Crippen molar-refractivity contribution in [1.29, 1.82) is 0 Å². The third kappa shape index (κ3) is 2.44.